The minimum absolute atomic E-state index is 0.534. The molecule has 2 aromatic carbocycles. The van der Waals surface area contributed by atoms with Crippen molar-refractivity contribution in [3.8, 4) is 0 Å². The van der Waals surface area contributed by atoms with Crippen LogP contribution < -0.4 is 0 Å². The summed E-state index contributed by atoms with van der Waals surface area (Å²) in [5.74, 6) is 0.534. The Balaban J connectivity index is 2.29. The molecule has 0 spiro atoms. The van der Waals surface area contributed by atoms with E-state index in [2.05, 4.69) is 71.6 Å². The van der Waals surface area contributed by atoms with Gasteiger partial charge in [0.05, 0.1) is 0 Å². The van der Waals surface area contributed by atoms with Crippen LogP contribution in [0.3, 0.4) is 0 Å². The number of hydrogen-bond donors (Lipinski definition) is 0. The van der Waals surface area contributed by atoms with Crippen molar-refractivity contribution in [1.29, 1.82) is 0 Å². The van der Waals surface area contributed by atoms with E-state index in [1.807, 2.05) is 0 Å². The normalized spacial score (nSPS) is 11.0. The molecule has 0 fully saturated rings. The first-order valence-electron chi connectivity index (χ1n) is 7.54. The lowest BCUT2D eigenvalue weighted by molar-refractivity contribution is 0.653. The minimum Gasteiger partial charge on any atom is -0.138 e. The molecule has 2 aromatic rings. The molecule has 0 heterocycles. The zero-order chi connectivity index (χ0) is 14.4. The van der Waals surface area contributed by atoms with E-state index >= 15 is 0 Å². The third-order valence-corrected chi connectivity index (χ3v) is 4.24. The van der Waals surface area contributed by atoms with Gasteiger partial charge in [0.25, 0.3) is 0 Å². The fourth-order valence-electron chi connectivity index (χ4n) is 2.79. The highest BCUT2D eigenvalue weighted by molar-refractivity contribution is 7.16. The second-order valence-corrected chi connectivity index (χ2v) is 6.24. The van der Waals surface area contributed by atoms with Crippen molar-refractivity contribution < 1.29 is 0 Å². The smallest absolute Gasteiger partial charge is 0.00895 e. The molecule has 2 rings (SSSR count). The van der Waals surface area contributed by atoms with Gasteiger partial charge in [-0.3, -0.25) is 0 Å². The maximum atomic E-state index is 2.83. The highest BCUT2D eigenvalue weighted by atomic mass is 31.0. The van der Waals surface area contributed by atoms with Gasteiger partial charge in [-0.2, -0.15) is 0 Å². The summed E-state index contributed by atoms with van der Waals surface area (Å²) in [4.78, 5) is 0. The number of unbranched alkanes of at least 4 members (excludes halogenated alkanes) is 1. The monoisotopic (exact) mass is 284 g/mol. The zero-order valence-corrected chi connectivity index (χ0v) is 13.8. The number of hydrogen-bond acceptors (Lipinski definition) is 0. The van der Waals surface area contributed by atoms with Crippen molar-refractivity contribution in [2.45, 2.75) is 39.0 Å². The van der Waals surface area contributed by atoms with Gasteiger partial charge in [0.15, 0.2) is 0 Å². The van der Waals surface area contributed by atoms with Crippen LogP contribution >= 0.6 is 9.24 Å². The van der Waals surface area contributed by atoms with E-state index in [1.54, 1.807) is 0 Å². The Labute approximate surface area is 125 Å². The van der Waals surface area contributed by atoms with Crippen molar-refractivity contribution >= 4 is 9.24 Å². The summed E-state index contributed by atoms with van der Waals surface area (Å²) < 4.78 is 0. The van der Waals surface area contributed by atoms with Gasteiger partial charge < -0.3 is 0 Å². The van der Waals surface area contributed by atoms with Crippen molar-refractivity contribution in [2.75, 3.05) is 6.16 Å². The van der Waals surface area contributed by atoms with Crippen LogP contribution in [-0.2, 0) is 0 Å². The van der Waals surface area contributed by atoms with Crippen molar-refractivity contribution in [3.05, 3.63) is 70.8 Å². The van der Waals surface area contributed by atoms with E-state index in [4.69, 9.17) is 0 Å². The van der Waals surface area contributed by atoms with Crippen LogP contribution in [0, 0.1) is 13.8 Å². The third kappa shape index (κ3) is 4.18. The number of rotatable bonds is 6. The summed E-state index contributed by atoms with van der Waals surface area (Å²) >= 11 is 0. The first kappa shape index (κ1) is 15.3. The maximum Gasteiger partial charge on any atom is 0.00895 e. The SMILES string of the molecule is Cc1cccc(C(CCCCP)c2cccc(C)c2)c1. The summed E-state index contributed by atoms with van der Waals surface area (Å²) in [6, 6.07) is 18.0. The molecule has 0 saturated heterocycles. The van der Waals surface area contributed by atoms with Crippen molar-refractivity contribution in [1.82, 2.24) is 0 Å². The quantitative estimate of drug-likeness (QED) is 0.486. The van der Waals surface area contributed by atoms with Gasteiger partial charge in [-0.15, -0.1) is 9.24 Å². The molecule has 0 aliphatic carbocycles. The largest absolute Gasteiger partial charge is 0.138 e. The van der Waals surface area contributed by atoms with Crippen molar-refractivity contribution in [2.24, 2.45) is 0 Å². The molecule has 0 aliphatic rings. The third-order valence-electron chi connectivity index (χ3n) is 3.84. The molecule has 106 valence electrons. The van der Waals surface area contributed by atoms with E-state index < -0.39 is 0 Å². The van der Waals surface area contributed by atoms with E-state index in [1.165, 1.54) is 47.7 Å². The summed E-state index contributed by atoms with van der Waals surface area (Å²) in [6.07, 6.45) is 5.02. The average Bonchev–Trinajstić information content (AvgIpc) is 2.43. The molecule has 0 saturated carbocycles. The predicted molar refractivity (Wildman–Crippen MR) is 92.6 cm³/mol. The Hall–Kier alpha value is -1.13. The molecule has 1 atom stereocenters. The predicted octanol–water partition coefficient (Wildman–Crippen LogP) is 5.48. The minimum atomic E-state index is 0.534. The lowest BCUT2D eigenvalue weighted by Crippen LogP contribution is -2.02. The highest BCUT2D eigenvalue weighted by Gasteiger charge is 2.14. The molecule has 0 amide bonds. The lowest BCUT2D eigenvalue weighted by Gasteiger charge is -2.19. The standard InChI is InChI=1S/C19H25P/c1-15-7-5-9-17(13-15)19(11-3-4-12-20)18-10-6-8-16(2)14-18/h5-10,13-14,19H,3-4,11-12,20H2,1-2H3. The second-order valence-electron chi connectivity index (χ2n) is 5.67. The van der Waals surface area contributed by atoms with Crippen LogP contribution in [-0.4, -0.2) is 6.16 Å². The van der Waals surface area contributed by atoms with E-state index in [0.29, 0.717) is 5.92 Å². The Kier molecular flexibility index (Phi) is 5.80. The lowest BCUT2D eigenvalue weighted by atomic mass is 9.86. The molecule has 20 heavy (non-hydrogen) atoms. The molecule has 1 unspecified atom stereocenters. The molecular formula is C19H25P. The average molecular weight is 284 g/mol. The molecule has 0 bridgehead atoms. The van der Waals surface area contributed by atoms with Gasteiger partial charge >= 0.3 is 0 Å². The molecule has 0 aliphatic heterocycles. The summed E-state index contributed by atoms with van der Waals surface area (Å²) in [5, 5.41) is 0. The molecule has 1 heteroatoms. The Morgan fingerprint density at radius 1 is 0.850 bits per heavy atom. The van der Waals surface area contributed by atoms with Gasteiger partial charge in [0, 0.05) is 5.92 Å². The van der Waals surface area contributed by atoms with Gasteiger partial charge in [-0.25, -0.2) is 0 Å². The van der Waals surface area contributed by atoms with Crippen molar-refractivity contribution in [3.63, 3.8) is 0 Å². The summed E-state index contributed by atoms with van der Waals surface area (Å²) in [7, 11) is 2.83. The summed E-state index contributed by atoms with van der Waals surface area (Å²) in [5.41, 5.74) is 5.62. The second kappa shape index (κ2) is 7.60. The molecular weight excluding hydrogens is 259 g/mol. The van der Waals surface area contributed by atoms with Crippen LogP contribution in [0.1, 0.15) is 47.4 Å². The van der Waals surface area contributed by atoms with E-state index in [9.17, 15) is 0 Å². The summed E-state index contributed by atoms with van der Waals surface area (Å²) in [6.45, 7) is 4.36. The topological polar surface area (TPSA) is 0 Å². The number of aryl methyl sites for hydroxylation is 2. The number of benzene rings is 2. The van der Waals surface area contributed by atoms with Crippen LogP contribution in [0.15, 0.2) is 48.5 Å². The molecule has 0 nitrogen and oxygen atoms in total. The first-order valence-corrected chi connectivity index (χ1v) is 8.35. The van der Waals surface area contributed by atoms with Gasteiger partial charge in [0.1, 0.15) is 0 Å². The van der Waals surface area contributed by atoms with Crippen LogP contribution in [0.25, 0.3) is 0 Å². The molecule has 0 aromatic heterocycles. The molecule has 0 N–H and O–H groups in total. The zero-order valence-electron chi connectivity index (χ0n) is 12.6. The first-order chi connectivity index (χ1) is 9.70. The fraction of sp³-hybridized carbons (Fsp3) is 0.368. The van der Waals surface area contributed by atoms with Gasteiger partial charge in [0.2, 0.25) is 0 Å². The van der Waals surface area contributed by atoms with Gasteiger partial charge in [-0.05, 0) is 44.0 Å². The Bertz CT molecular complexity index is 499. The fourth-order valence-corrected chi connectivity index (χ4v) is 3.08. The van der Waals surface area contributed by atoms with Crippen LogP contribution in [0.2, 0.25) is 0 Å². The maximum absolute atomic E-state index is 2.83. The van der Waals surface area contributed by atoms with Gasteiger partial charge in [-0.1, -0.05) is 66.1 Å². The van der Waals surface area contributed by atoms with E-state index in [0.717, 1.165) is 0 Å². The van der Waals surface area contributed by atoms with Crippen LogP contribution in [0.5, 0.6) is 0 Å². The molecule has 0 radical (unpaired) electrons. The Morgan fingerprint density at radius 3 is 1.85 bits per heavy atom. The Morgan fingerprint density at radius 2 is 1.40 bits per heavy atom. The highest BCUT2D eigenvalue weighted by Crippen LogP contribution is 2.30. The van der Waals surface area contributed by atoms with E-state index in [-0.39, 0.29) is 0 Å². The van der Waals surface area contributed by atoms with Crippen LogP contribution in [0.4, 0.5) is 0 Å².